The molecule has 0 saturated heterocycles. The van der Waals surface area contributed by atoms with Gasteiger partial charge in [0.15, 0.2) is 6.61 Å². The molecule has 2 amide bonds. The maximum absolute atomic E-state index is 12.6. The van der Waals surface area contributed by atoms with Gasteiger partial charge < -0.3 is 14.8 Å². The van der Waals surface area contributed by atoms with Crippen LogP contribution in [0.1, 0.15) is 11.9 Å². The number of benzene rings is 2. The summed E-state index contributed by atoms with van der Waals surface area (Å²) in [5, 5.41) is 5.74. The standard InChI is InChI=1S/C22H21N3O4S/c1-3-28-17-7-5-16(6-8-17)24-21(26)11-25-19-10-15(18-13-30-14(2)23-18)4-9-20(19)29-12-22(25)27/h4-10,13H,3,11-12H2,1-2H3,(H,24,26). The molecule has 1 aliphatic rings. The van der Waals surface area contributed by atoms with Gasteiger partial charge in [-0.05, 0) is 56.3 Å². The molecule has 1 aromatic heterocycles. The van der Waals surface area contributed by atoms with Crippen LogP contribution in [0.5, 0.6) is 11.5 Å². The van der Waals surface area contributed by atoms with Gasteiger partial charge in [0, 0.05) is 16.6 Å². The zero-order valence-electron chi connectivity index (χ0n) is 16.7. The van der Waals surface area contributed by atoms with Crippen molar-refractivity contribution < 1.29 is 19.1 Å². The maximum Gasteiger partial charge on any atom is 0.265 e. The summed E-state index contributed by atoms with van der Waals surface area (Å²) >= 11 is 1.56. The van der Waals surface area contributed by atoms with Gasteiger partial charge in [0.2, 0.25) is 5.91 Å². The van der Waals surface area contributed by atoms with Crippen molar-refractivity contribution in [2.75, 3.05) is 30.0 Å². The van der Waals surface area contributed by atoms with Crippen molar-refractivity contribution in [2.45, 2.75) is 13.8 Å². The second-order valence-corrected chi connectivity index (χ2v) is 7.77. The van der Waals surface area contributed by atoms with Crippen LogP contribution < -0.4 is 19.7 Å². The van der Waals surface area contributed by atoms with E-state index in [0.717, 1.165) is 22.0 Å². The molecule has 0 radical (unpaired) electrons. The fourth-order valence-corrected chi connectivity index (χ4v) is 3.80. The third-order valence-electron chi connectivity index (χ3n) is 4.57. The molecule has 0 saturated carbocycles. The Kier molecular flexibility index (Phi) is 5.67. The number of rotatable bonds is 6. The molecule has 1 N–H and O–H groups in total. The minimum Gasteiger partial charge on any atom is -0.494 e. The molecular weight excluding hydrogens is 402 g/mol. The van der Waals surface area contributed by atoms with E-state index in [1.807, 2.05) is 37.4 Å². The Hall–Kier alpha value is -3.39. The van der Waals surface area contributed by atoms with Crippen LogP contribution in [0.15, 0.2) is 47.8 Å². The normalized spacial score (nSPS) is 12.9. The van der Waals surface area contributed by atoms with Crippen LogP contribution in [-0.2, 0) is 9.59 Å². The highest BCUT2D eigenvalue weighted by atomic mass is 32.1. The number of aromatic nitrogens is 1. The second kappa shape index (κ2) is 8.54. The van der Waals surface area contributed by atoms with Crippen molar-refractivity contribution in [3.63, 3.8) is 0 Å². The number of carbonyl (C=O) groups is 2. The fraction of sp³-hybridized carbons (Fsp3) is 0.227. The van der Waals surface area contributed by atoms with Crippen LogP contribution in [0.3, 0.4) is 0 Å². The predicted octanol–water partition coefficient (Wildman–Crippen LogP) is 3.88. The molecule has 7 nitrogen and oxygen atoms in total. The molecule has 0 spiro atoms. The number of hydrogen-bond donors (Lipinski definition) is 1. The van der Waals surface area contributed by atoms with Crippen molar-refractivity contribution in [1.82, 2.24) is 4.98 Å². The number of hydrogen-bond acceptors (Lipinski definition) is 6. The topological polar surface area (TPSA) is 80.8 Å². The molecule has 2 heterocycles. The van der Waals surface area contributed by atoms with Gasteiger partial charge in [0.05, 0.1) is 23.0 Å². The second-order valence-electron chi connectivity index (χ2n) is 6.71. The minimum atomic E-state index is -0.296. The number of thiazole rings is 1. The third kappa shape index (κ3) is 4.28. The molecule has 0 fully saturated rings. The van der Waals surface area contributed by atoms with Crippen molar-refractivity contribution >= 4 is 34.5 Å². The van der Waals surface area contributed by atoms with E-state index in [9.17, 15) is 9.59 Å². The number of nitrogens with one attached hydrogen (secondary N) is 1. The Morgan fingerprint density at radius 1 is 1.27 bits per heavy atom. The lowest BCUT2D eigenvalue weighted by atomic mass is 10.1. The summed E-state index contributed by atoms with van der Waals surface area (Å²) in [6.07, 6.45) is 0. The molecule has 2 aromatic carbocycles. The van der Waals surface area contributed by atoms with E-state index in [1.54, 1.807) is 35.6 Å². The maximum atomic E-state index is 12.6. The quantitative estimate of drug-likeness (QED) is 0.651. The number of nitrogens with zero attached hydrogens (tertiary/aromatic N) is 2. The molecule has 3 aromatic rings. The molecular formula is C22H21N3O4S. The Balaban J connectivity index is 1.52. The zero-order valence-corrected chi connectivity index (χ0v) is 17.5. The molecule has 154 valence electrons. The third-order valence-corrected chi connectivity index (χ3v) is 5.34. The first kappa shape index (κ1) is 19.9. The number of amides is 2. The number of anilines is 2. The van der Waals surface area contributed by atoms with Crippen LogP contribution in [0, 0.1) is 6.92 Å². The van der Waals surface area contributed by atoms with E-state index in [4.69, 9.17) is 9.47 Å². The minimum absolute atomic E-state index is 0.0987. The first-order chi connectivity index (χ1) is 14.5. The summed E-state index contributed by atoms with van der Waals surface area (Å²) in [5.74, 6) is 0.739. The summed E-state index contributed by atoms with van der Waals surface area (Å²) in [6, 6.07) is 12.7. The van der Waals surface area contributed by atoms with E-state index in [-0.39, 0.29) is 25.0 Å². The summed E-state index contributed by atoms with van der Waals surface area (Å²) in [5.41, 5.74) is 2.90. The SMILES string of the molecule is CCOc1ccc(NC(=O)CN2C(=O)COc3ccc(-c4csc(C)n4)cc32)cc1. The van der Waals surface area contributed by atoms with Crippen LogP contribution in [0.2, 0.25) is 0 Å². The summed E-state index contributed by atoms with van der Waals surface area (Å²) in [6.45, 7) is 4.22. The summed E-state index contributed by atoms with van der Waals surface area (Å²) in [7, 11) is 0. The van der Waals surface area contributed by atoms with Gasteiger partial charge in [-0.25, -0.2) is 4.98 Å². The van der Waals surface area contributed by atoms with E-state index in [2.05, 4.69) is 10.3 Å². The lowest BCUT2D eigenvalue weighted by Gasteiger charge is -2.29. The Bertz CT molecular complexity index is 1080. The largest absolute Gasteiger partial charge is 0.494 e. The highest BCUT2D eigenvalue weighted by Gasteiger charge is 2.28. The van der Waals surface area contributed by atoms with Gasteiger partial charge in [-0.2, -0.15) is 0 Å². The van der Waals surface area contributed by atoms with Gasteiger partial charge in [0.25, 0.3) is 5.91 Å². The first-order valence-electron chi connectivity index (χ1n) is 9.56. The monoisotopic (exact) mass is 423 g/mol. The molecule has 1 aliphatic heterocycles. The molecule has 4 rings (SSSR count). The Morgan fingerprint density at radius 2 is 2.07 bits per heavy atom. The van der Waals surface area contributed by atoms with Gasteiger partial charge in [-0.15, -0.1) is 11.3 Å². The summed E-state index contributed by atoms with van der Waals surface area (Å²) < 4.78 is 10.9. The van der Waals surface area contributed by atoms with Crippen molar-refractivity contribution in [1.29, 1.82) is 0 Å². The fourth-order valence-electron chi connectivity index (χ4n) is 3.18. The van der Waals surface area contributed by atoms with Crippen molar-refractivity contribution in [2.24, 2.45) is 0 Å². The molecule has 0 unspecified atom stereocenters. The van der Waals surface area contributed by atoms with E-state index >= 15 is 0 Å². The van der Waals surface area contributed by atoms with Crippen molar-refractivity contribution in [3.05, 3.63) is 52.9 Å². The highest BCUT2D eigenvalue weighted by molar-refractivity contribution is 7.09. The molecule has 0 aliphatic carbocycles. The number of ether oxygens (including phenoxy) is 2. The number of fused-ring (bicyclic) bond motifs is 1. The van der Waals surface area contributed by atoms with Gasteiger partial charge >= 0.3 is 0 Å². The highest BCUT2D eigenvalue weighted by Crippen LogP contribution is 2.36. The van der Waals surface area contributed by atoms with Gasteiger partial charge in [-0.1, -0.05) is 0 Å². The smallest absolute Gasteiger partial charge is 0.265 e. The van der Waals surface area contributed by atoms with Crippen LogP contribution in [-0.4, -0.2) is 36.6 Å². The van der Waals surface area contributed by atoms with Gasteiger partial charge in [0.1, 0.15) is 18.0 Å². The molecule has 0 bridgehead atoms. The molecule has 0 atom stereocenters. The Morgan fingerprint density at radius 3 is 2.77 bits per heavy atom. The van der Waals surface area contributed by atoms with Gasteiger partial charge in [-0.3, -0.25) is 14.5 Å². The summed E-state index contributed by atoms with van der Waals surface area (Å²) in [4.78, 5) is 31.1. The molecule has 8 heteroatoms. The average Bonchev–Trinajstić information content (AvgIpc) is 3.18. The van der Waals surface area contributed by atoms with Crippen LogP contribution in [0.4, 0.5) is 11.4 Å². The van der Waals surface area contributed by atoms with Crippen LogP contribution >= 0.6 is 11.3 Å². The number of carbonyl (C=O) groups excluding carboxylic acids is 2. The van der Waals surface area contributed by atoms with E-state index in [1.165, 1.54) is 4.90 Å². The molecule has 30 heavy (non-hydrogen) atoms. The Labute approximate surface area is 178 Å². The zero-order chi connectivity index (χ0) is 21.1. The first-order valence-corrected chi connectivity index (χ1v) is 10.4. The van der Waals surface area contributed by atoms with E-state index in [0.29, 0.717) is 23.7 Å². The lowest BCUT2D eigenvalue weighted by Crippen LogP contribution is -2.43. The predicted molar refractivity (Wildman–Crippen MR) is 116 cm³/mol. The van der Waals surface area contributed by atoms with E-state index < -0.39 is 0 Å². The van der Waals surface area contributed by atoms with Crippen molar-refractivity contribution in [3.8, 4) is 22.8 Å². The number of aryl methyl sites for hydroxylation is 1. The van der Waals surface area contributed by atoms with Crippen LogP contribution in [0.25, 0.3) is 11.3 Å². The average molecular weight is 423 g/mol. The lowest BCUT2D eigenvalue weighted by molar-refractivity contribution is -0.123.